The molecule has 1 saturated heterocycles. The van der Waals surface area contributed by atoms with Gasteiger partial charge in [0.25, 0.3) is 5.91 Å². The monoisotopic (exact) mass is 455 g/mol. The number of benzene rings is 1. The van der Waals surface area contributed by atoms with Crippen molar-refractivity contribution in [1.29, 1.82) is 0 Å². The Balaban J connectivity index is 1.50. The highest BCUT2D eigenvalue weighted by molar-refractivity contribution is 6.36. The third-order valence-electron chi connectivity index (χ3n) is 6.46. The molecule has 1 aromatic heterocycles. The topological polar surface area (TPSA) is 62.7 Å². The number of hydrogen-bond donors (Lipinski definition) is 0. The second kappa shape index (κ2) is 9.90. The molecule has 0 bridgehead atoms. The molecule has 1 unspecified atom stereocenters. The first-order valence-electron chi connectivity index (χ1n) is 11.5. The van der Waals surface area contributed by atoms with Crippen molar-refractivity contribution in [3.63, 3.8) is 0 Å². The number of amides is 2. The number of nitrogens with zero attached hydrogens (tertiary/aromatic N) is 3. The summed E-state index contributed by atoms with van der Waals surface area (Å²) in [5.41, 5.74) is 3.60. The lowest BCUT2D eigenvalue weighted by molar-refractivity contribution is 0.0374. The van der Waals surface area contributed by atoms with E-state index in [0.29, 0.717) is 38.2 Å². The second-order valence-electron chi connectivity index (χ2n) is 8.49. The molecule has 6 nitrogen and oxygen atoms in total. The van der Waals surface area contributed by atoms with Gasteiger partial charge in [0.15, 0.2) is 0 Å². The number of ether oxygens (including phenoxy) is 1. The van der Waals surface area contributed by atoms with Crippen LogP contribution in [0.15, 0.2) is 30.9 Å². The third kappa shape index (κ3) is 4.46. The number of pyridine rings is 1. The van der Waals surface area contributed by atoms with Gasteiger partial charge in [0, 0.05) is 36.3 Å². The molecule has 0 saturated carbocycles. The lowest BCUT2D eigenvalue weighted by Crippen LogP contribution is -2.56. The van der Waals surface area contributed by atoms with Crippen molar-refractivity contribution in [1.82, 2.24) is 14.8 Å². The number of fused-ring (bicyclic) bond motifs is 2. The van der Waals surface area contributed by atoms with Crippen LogP contribution in [-0.2, 0) is 17.6 Å². The number of carbonyl (C=O) groups excluding carboxylic acids is 2. The zero-order chi connectivity index (χ0) is 22.7. The first-order chi connectivity index (χ1) is 15.5. The molecular formula is C25H30ClN3O3. The Labute approximate surface area is 194 Å². The van der Waals surface area contributed by atoms with Crippen molar-refractivity contribution in [2.75, 3.05) is 26.2 Å². The van der Waals surface area contributed by atoms with Crippen molar-refractivity contribution in [3.05, 3.63) is 52.7 Å². The summed E-state index contributed by atoms with van der Waals surface area (Å²) in [6, 6.07) is 5.54. The van der Waals surface area contributed by atoms with Gasteiger partial charge in [0.2, 0.25) is 0 Å². The van der Waals surface area contributed by atoms with E-state index in [1.807, 2.05) is 30.0 Å². The molecular weight excluding hydrogens is 426 g/mol. The van der Waals surface area contributed by atoms with Crippen LogP contribution in [0.1, 0.15) is 54.2 Å². The number of hydrogen-bond acceptors (Lipinski definition) is 4. The van der Waals surface area contributed by atoms with Crippen molar-refractivity contribution in [2.45, 2.75) is 51.5 Å². The Hall–Kier alpha value is -2.60. The van der Waals surface area contributed by atoms with E-state index in [1.165, 1.54) is 0 Å². The first-order valence-corrected chi connectivity index (χ1v) is 11.9. The van der Waals surface area contributed by atoms with Crippen LogP contribution >= 0.6 is 11.6 Å². The van der Waals surface area contributed by atoms with Gasteiger partial charge in [0.05, 0.1) is 23.2 Å². The number of rotatable bonds is 5. The molecule has 1 aliphatic carbocycles. The molecule has 2 aromatic rings. The predicted octanol–water partition coefficient (Wildman–Crippen LogP) is 5.02. The van der Waals surface area contributed by atoms with Crippen LogP contribution in [0.4, 0.5) is 4.79 Å². The van der Waals surface area contributed by atoms with E-state index in [0.717, 1.165) is 59.3 Å². The lowest BCUT2D eigenvalue weighted by Gasteiger charge is -2.40. The molecule has 4 rings (SSSR count). The molecule has 1 aromatic carbocycles. The van der Waals surface area contributed by atoms with Gasteiger partial charge in [-0.2, -0.15) is 0 Å². The molecule has 170 valence electrons. The maximum atomic E-state index is 13.3. The van der Waals surface area contributed by atoms with E-state index in [1.54, 1.807) is 11.0 Å². The minimum Gasteiger partial charge on any atom is -0.449 e. The zero-order valence-corrected chi connectivity index (χ0v) is 19.4. The summed E-state index contributed by atoms with van der Waals surface area (Å²) >= 11 is 6.68. The van der Waals surface area contributed by atoms with E-state index in [-0.39, 0.29) is 18.0 Å². The summed E-state index contributed by atoms with van der Waals surface area (Å²) in [5, 5.41) is 1.68. The van der Waals surface area contributed by atoms with Crippen LogP contribution in [-0.4, -0.2) is 59.1 Å². The maximum absolute atomic E-state index is 13.3. The normalized spacial score (nSPS) is 18.4. The van der Waals surface area contributed by atoms with Crippen LogP contribution in [0.2, 0.25) is 5.02 Å². The fourth-order valence-electron chi connectivity index (χ4n) is 4.62. The lowest BCUT2D eigenvalue weighted by atomic mass is 9.94. The zero-order valence-electron chi connectivity index (χ0n) is 18.6. The van der Waals surface area contributed by atoms with Crippen LogP contribution in [0.3, 0.4) is 0 Å². The minimum atomic E-state index is -0.319. The van der Waals surface area contributed by atoms with E-state index in [9.17, 15) is 9.59 Å². The van der Waals surface area contributed by atoms with Gasteiger partial charge < -0.3 is 14.5 Å². The Morgan fingerprint density at radius 1 is 1.28 bits per heavy atom. The molecule has 32 heavy (non-hydrogen) atoms. The molecule has 1 aliphatic heterocycles. The Kier molecular flexibility index (Phi) is 6.99. The Morgan fingerprint density at radius 3 is 2.88 bits per heavy atom. The van der Waals surface area contributed by atoms with E-state index in [2.05, 4.69) is 6.58 Å². The molecule has 1 atom stereocenters. The first kappa shape index (κ1) is 22.6. The van der Waals surface area contributed by atoms with Gasteiger partial charge in [0.1, 0.15) is 0 Å². The SMILES string of the molecule is C=CCCOC(=O)N1CCN(C(=O)c2ccc3c(Cl)c4c(nc3c2)CCCC4)CC1CC. The van der Waals surface area contributed by atoms with Gasteiger partial charge in [-0.1, -0.05) is 30.7 Å². The summed E-state index contributed by atoms with van der Waals surface area (Å²) in [7, 11) is 0. The van der Waals surface area contributed by atoms with E-state index < -0.39 is 0 Å². The third-order valence-corrected chi connectivity index (χ3v) is 6.90. The average molecular weight is 456 g/mol. The van der Waals surface area contributed by atoms with Crippen LogP contribution in [0, 0.1) is 0 Å². The molecule has 0 radical (unpaired) electrons. The van der Waals surface area contributed by atoms with Crippen LogP contribution in [0.25, 0.3) is 10.9 Å². The highest BCUT2D eigenvalue weighted by Gasteiger charge is 2.32. The minimum absolute atomic E-state index is 0.0410. The molecule has 7 heteroatoms. The van der Waals surface area contributed by atoms with Crippen LogP contribution in [0.5, 0.6) is 0 Å². The summed E-state index contributed by atoms with van der Waals surface area (Å²) in [6.45, 7) is 7.42. The van der Waals surface area contributed by atoms with Crippen molar-refractivity contribution in [3.8, 4) is 0 Å². The molecule has 0 N–H and O–H groups in total. The largest absolute Gasteiger partial charge is 0.449 e. The number of halogens is 1. The van der Waals surface area contributed by atoms with E-state index >= 15 is 0 Å². The molecule has 0 spiro atoms. The molecule has 1 fully saturated rings. The predicted molar refractivity (Wildman–Crippen MR) is 126 cm³/mol. The fourth-order valence-corrected chi connectivity index (χ4v) is 4.99. The number of aromatic nitrogens is 1. The number of piperazine rings is 1. The van der Waals surface area contributed by atoms with Crippen molar-refractivity contribution >= 4 is 34.5 Å². The quantitative estimate of drug-likeness (QED) is 0.469. The summed E-state index contributed by atoms with van der Waals surface area (Å²) in [4.78, 5) is 34.1. The smallest absolute Gasteiger partial charge is 0.410 e. The summed E-state index contributed by atoms with van der Waals surface area (Å²) < 4.78 is 5.33. The van der Waals surface area contributed by atoms with Gasteiger partial charge in [-0.3, -0.25) is 9.78 Å². The van der Waals surface area contributed by atoms with E-state index in [4.69, 9.17) is 21.3 Å². The van der Waals surface area contributed by atoms with Gasteiger partial charge in [-0.05, 0) is 56.2 Å². The Morgan fingerprint density at radius 2 is 2.09 bits per heavy atom. The van der Waals surface area contributed by atoms with Crippen molar-refractivity contribution < 1.29 is 14.3 Å². The maximum Gasteiger partial charge on any atom is 0.410 e. The number of carbonyl (C=O) groups is 2. The number of aryl methyl sites for hydroxylation is 1. The van der Waals surface area contributed by atoms with Crippen LogP contribution < -0.4 is 0 Å². The van der Waals surface area contributed by atoms with Gasteiger partial charge >= 0.3 is 6.09 Å². The summed E-state index contributed by atoms with van der Waals surface area (Å²) in [5.74, 6) is -0.0410. The molecule has 2 amide bonds. The highest BCUT2D eigenvalue weighted by Crippen LogP contribution is 2.33. The van der Waals surface area contributed by atoms with Gasteiger partial charge in [-0.25, -0.2) is 4.79 Å². The van der Waals surface area contributed by atoms with Gasteiger partial charge in [-0.15, -0.1) is 6.58 Å². The molecule has 2 heterocycles. The fraction of sp³-hybridized carbons (Fsp3) is 0.480. The standard InChI is InChI=1S/C25H30ClN3O3/c1-3-5-14-32-25(31)29-13-12-28(16-18(29)4-2)24(30)17-10-11-20-22(15-17)27-21-9-7-6-8-19(21)23(20)26/h3,10-11,15,18H,1,4-9,12-14,16H2,2H3. The van der Waals surface area contributed by atoms with Crippen molar-refractivity contribution in [2.24, 2.45) is 0 Å². The summed E-state index contributed by atoms with van der Waals surface area (Å²) in [6.07, 6.45) is 6.96. The highest BCUT2D eigenvalue weighted by atomic mass is 35.5. The Bertz CT molecular complexity index is 1040. The molecule has 2 aliphatic rings. The second-order valence-corrected chi connectivity index (χ2v) is 8.87. The average Bonchev–Trinajstić information content (AvgIpc) is 2.83.